The lowest BCUT2D eigenvalue weighted by Crippen LogP contribution is -2.48. The summed E-state index contributed by atoms with van der Waals surface area (Å²) in [5.41, 5.74) is 4.06. The molecule has 0 spiro atoms. The molecule has 2 saturated heterocycles. The van der Waals surface area contributed by atoms with Crippen LogP contribution in [0.3, 0.4) is 0 Å². The maximum Gasteiger partial charge on any atom is 0.253 e. The Hall–Kier alpha value is -2.11. The Labute approximate surface area is 171 Å². The lowest BCUT2D eigenvalue weighted by atomic mass is 10.1. The van der Waals surface area contributed by atoms with Crippen molar-refractivity contribution in [3.8, 4) is 0 Å². The van der Waals surface area contributed by atoms with E-state index in [0.717, 1.165) is 57.2 Å². The number of hydrogen-bond donors (Lipinski definition) is 0. The van der Waals surface area contributed by atoms with E-state index in [4.69, 9.17) is 11.6 Å². The van der Waals surface area contributed by atoms with E-state index in [-0.39, 0.29) is 5.91 Å². The van der Waals surface area contributed by atoms with Gasteiger partial charge in [-0.1, -0.05) is 17.7 Å². The molecule has 28 heavy (non-hydrogen) atoms. The number of piperazine rings is 1. The lowest BCUT2D eigenvalue weighted by molar-refractivity contribution is 0.0627. The van der Waals surface area contributed by atoms with Crippen molar-refractivity contribution in [2.24, 2.45) is 0 Å². The number of rotatable bonds is 4. The minimum Gasteiger partial charge on any atom is -0.370 e. The SMILES string of the molecule is Cc1cccnc1CN1CCN(C(=O)c2ccc(N3CCCC3)c(Cl)c2)CC1. The van der Waals surface area contributed by atoms with Crippen molar-refractivity contribution in [2.75, 3.05) is 44.2 Å². The second kappa shape index (κ2) is 8.50. The first-order chi connectivity index (χ1) is 13.6. The van der Waals surface area contributed by atoms with E-state index < -0.39 is 0 Å². The van der Waals surface area contributed by atoms with Crippen LogP contribution >= 0.6 is 11.6 Å². The van der Waals surface area contributed by atoms with Crippen LogP contribution in [-0.2, 0) is 6.54 Å². The van der Waals surface area contributed by atoms with Crippen molar-refractivity contribution in [3.05, 3.63) is 58.4 Å². The smallest absolute Gasteiger partial charge is 0.253 e. The van der Waals surface area contributed by atoms with Gasteiger partial charge in [0.1, 0.15) is 0 Å². The summed E-state index contributed by atoms with van der Waals surface area (Å²) in [6.07, 6.45) is 4.26. The summed E-state index contributed by atoms with van der Waals surface area (Å²) in [6, 6.07) is 9.82. The van der Waals surface area contributed by atoms with Crippen LogP contribution in [0.15, 0.2) is 36.5 Å². The molecule has 0 unspecified atom stereocenters. The average molecular weight is 399 g/mol. The summed E-state index contributed by atoms with van der Waals surface area (Å²) in [5.74, 6) is 0.0727. The Morgan fingerprint density at radius 3 is 2.50 bits per heavy atom. The van der Waals surface area contributed by atoms with Gasteiger partial charge in [-0.25, -0.2) is 0 Å². The van der Waals surface area contributed by atoms with Crippen molar-refractivity contribution in [2.45, 2.75) is 26.3 Å². The molecule has 148 valence electrons. The highest BCUT2D eigenvalue weighted by atomic mass is 35.5. The molecule has 2 aliphatic rings. The zero-order valence-corrected chi connectivity index (χ0v) is 17.2. The second-order valence-electron chi connectivity index (χ2n) is 7.70. The normalized spacial score (nSPS) is 17.9. The van der Waals surface area contributed by atoms with Gasteiger partial charge >= 0.3 is 0 Å². The fourth-order valence-electron chi connectivity index (χ4n) is 4.04. The third-order valence-electron chi connectivity index (χ3n) is 5.79. The van der Waals surface area contributed by atoms with Crippen molar-refractivity contribution in [3.63, 3.8) is 0 Å². The zero-order chi connectivity index (χ0) is 19.5. The molecule has 4 rings (SSSR count). The summed E-state index contributed by atoms with van der Waals surface area (Å²) in [4.78, 5) is 24.0. The molecule has 3 heterocycles. The number of carbonyl (C=O) groups is 1. The fraction of sp³-hybridized carbons (Fsp3) is 0.455. The molecule has 0 bridgehead atoms. The van der Waals surface area contributed by atoms with E-state index in [1.807, 2.05) is 35.4 Å². The molecule has 1 aromatic carbocycles. The quantitative estimate of drug-likeness (QED) is 0.788. The van der Waals surface area contributed by atoms with Crippen molar-refractivity contribution in [1.29, 1.82) is 0 Å². The van der Waals surface area contributed by atoms with Crippen LogP contribution in [0.5, 0.6) is 0 Å². The van der Waals surface area contributed by atoms with Crippen LogP contribution in [-0.4, -0.2) is 60.0 Å². The molecule has 0 N–H and O–H groups in total. The first-order valence-electron chi connectivity index (χ1n) is 10.1. The molecule has 1 amide bonds. The number of anilines is 1. The number of halogens is 1. The average Bonchev–Trinajstić information content (AvgIpc) is 3.24. The molecule has 0 radical (unpaired) electrons. The number of aryl methyl sites for hydroxylation is 1. The number of carbonyl (C=O) groups excluding carboxylic acids is 1. The van der Waals surface area contributed by atoms with Crippen LogP contribution in [0.1, 0.15) is 34.5 Å². The third kappa shape index (κ3) is 4.15. The van der Waals surface area contributed by atoms with Crippen LogP contribution in [0, 0.1) is 6.92 Å². The zero-order valence-electron chi connectivity index (χ0n) is 16.4. The molecule has 0 atom stereocenters. The molecule has 6 heteroatoms. The van der Waals surface area contributed by atoms with E-state index >= 15 is 0 Å². The van der Waals surface area contributed by atoms with E-state index in [9.17, 15) is 4.79 Å². The van der Waals surface area contributed by atoms with Gasteiger partial charge in [-0.05, 0) is 49.6 Å². The highest BCUT2D eigenvalue weighted by molar-refractivity contribution is 6.33. The standard InChI is InChI=1S/C22H27ClN4O/c1-17-5-4-8-24-20(17)16-25-11-13-27(14-12-25)22(28)18-6-7-21(19(23)15-18)26-9-2-3-10-26/h4-8,15H,2-3,9-14,16H2,1H3. The monoisotopic (exact) mass is 398 g/mol. The Kier molecular flexibility index (Phi) is 5.83. The summed E-state index contributed by atoms with van der Waals surface area (Å²) in [6.45, 7) is 8.22. The predicted molar refractivity (Wildman–Crippen MR) is 113 cm³/mol. The van der Waals surface area contributed by atoms with Gasteiger partial charge in [0, 0.05) is 57.6 Å². The molecule has 1 aromatic heterocycles. The van der Waals surface area contributed by atoms with Crippen molar-refractivity contribution in [1.82, 2.24) is 14.8 Å². The van der Waals surface area contributed by atoms with Gasteiger partial charge < -0.3 is 9.80 Å². The third-order valence-corrected chi connectivity index (χ3v) is 6.09. The molecule has 2 fully saturated rings. The van der Waals surface area contributed by atoms with Gasteiger partial charge in [0.25, 0.3) is 5.91 Å². The number of benzene rings is 1. The van der Waals surface area contributed by atoms with Crippen molar-refractivity contribution >= 4 is 23.2 Å². The summed E-state index contributed by atoms with van der Waals surface area (Å²) in [5, 5.41) is 0.678. The Bertz CT molecular complexity index is 842. The van der Waals surface area contributed by atoms with Gasteiger partial charge in [-0.2, -0.15) is 0 Å². The summed E-state index contributed by atoms with van der Waals surface area (Å²) >= 11 is 6.49. The maximum atomic E-state index is 12.9. The first kappa shape index (κ1) is 19.2. The minimum absolute atomic E-state index is 0.0727. The van der Waals surface area contributed by atoms with E-state index in [0.29, 0.717) is 10.6 Å². The van der Waals surface area contributed by atoms with Gasteiger partial charge in [-0.15, -0.1) is 0 Å². The van der Waals surface area contributed by atoms with Gasteiger partial charge in [0.2, 0.25) is 0 Å². The fourth-order valence-corrected chi connectivity index (χ4v) is 4.34. The largest absolute Gasteiger partial charge is 0.370 e. The highest BCUT2D eigenvalue weighted by Gasteiger charge is 2.24. The molecule has 0 saturated carbocycles. The lowest BCUT2D eigenvalue weighted by Gasteiger charge is -2.35. The van der Waals surface area contributed by atoms with Gasteiger partial charge in [0.05, 0.1) is 16.4 Å². The van der Waals surface area contributed by atoms with Crippen LogP contribution < -0.4 is 4.90 Å². The molecule has 2 aliphatic heterocycles. The summed E-state index contributed by atoms with van der Waals surface area (Å²) in [7, 11) is 0. The summed E-state index contributed by atoms with van der Waals surface area (Å²) < 4.78 is 0. The van der Waals surface area contributed by atoms with E-state index in [1.165, 1.54) is 18.4 Å². The maximum absolute atomic E-state index is 12.9. The van der Waals surface area contributed by atoms with Crippen molar-refractivity contribution < 1.29 is 4.79 Å². The van der Waals surface area contributed by atoms with E-state index in [1.54, 1.807) is 0 Å². The Balaban J connectivity index is 1.36. The number of hydrogen-bond acceptors (Lipinski definition) is 4. The molecular weight excluding hydrogens is 372 g/mol. The Morgan fingerprint density at radius 2 is 1.82 bits per heavy atom. The van der Waals surface area contributed by atoms with E-state index in [2.05, 4.69) is 27.8 Å². The first-order valence-corrected chi connectivity index (χ1v) is 10.5. The molecule has 2 aromatic rings. The van der Waals surface area contributed by atoms with Gasteiger partial charge in [0.15, 0.2) is 0 Å². The van der Waals surface area contributed by atoms with Crippen LogP contribution in [0.25, 0.3) is 0 Å². The predicted octanol–water partition coefficient (Wildman–Crippen LogP) is 3.60. The minimum atomic E-state index is 0.0727. The number of pyridine rings is 1. The molecule has 5 nitrogen and oxygen atoms in total. The number of aromatic nitrogens is 1. The van der Waals surface area contributed by atoms with Gasteiger partial charge in [-0.3, -0.25) is 14.7 Å². The number of amides is 1. The topological polar surface area (TPSA) is 39.7 Å². The van der Waals surface area contributed by atoms with Crippen LogP contribution in [0.4, 0.5) is 5.69 Å². The second-order valence-corrected chi connectivity index (χ2v) is 8.10. The molecule has 0 aliphatic carbocycles. The Morgan fingerprint density at radius 1 is 1.07 bits per heavy atom. The number of nitrogens with zero attached hydrogens (tertiary/aromatic N) is 4. The van der Waals surface area contributed by atoms with Crippen LogP contribution in [0.2, 0.25) is 5.02 Å². The molecular formula is C22H27ClN4O. The highest BCUT2D eigenvalue weighted by Crippen LogP contribution is 2.30.